The smallest absolute Gasteiger partial charge is 0.241 e. The molecule has 7 heteroatoms. The number of hydrogen-bond acceptors (Lipinski definition) is 3. The second kappa shape index (κ2) is 5.87. The molecule has 3 N–H and O–H groups in total. The van der Waals surface area contributed by atoms with Crippen molar-refractivity contribution in [2.45, 2.75) is 30.2 Å². The van der Waals surface area contributed by atoms with Crippen molar-refractivity contribution < 1.29 is 12.8 Å². The Balaban J connectivity index is 2.23. The summed E-state index contributed by atoms with van der Waals surface area (Å²) < 4.78 is 40.4. The highest BCUT2D eigenvalue weighted by Gasteiger charge is 2.31. The van der Waals surface area contributed by atoms with Crippen LogP contribution in [0.3, 0.4) is 0 Å². The lowest BCUT2D eigenvalue weighted by Gasteiger charge is -2.19. The molecule has 1 aromatic rings. The first kappa shape index (κ1) is 14.9. The molecule has 0 spiro atoms. The van der Waals surface area contributed by atoms with Crippen LogP contribution >= 0.6 is 15.9 Å². The standard InChI is InChI=1S/C12H16BrFN2O2S/c13-10-6-9(14)4-5-12(10)19(17,18)16-11-3-1-2-8(11)7-15/h4-6,8,11,16H,1-3,7,15H2/t8-,11-/m0/s1. The van der Waals surface area contributed by atoms with Crippen LogP contribution in [0.1, 0.15) is 19.3 Å². The Hall–Kier alpha value is -0.500. The van der Waals surface area contributed by atoms with Gasteiger partial charge in [0, 0.05) is 10.5 Å². The fourth-order valence-electron chi connectivity index (χ4n) is 2.43. The van der Waals surface area contributed by atoms with E-state index in [2.05, 4.69) is 20.7 Å². The van der Waals surface area contributed by atoms with Crippen molar-refractivity contribution in [2.75, 3.05) is 6.54 Å². The summed E-state index contributed by atoms with van der Waals surface area (Å²) in [7, 11) is -3.65. The van der Waals surface area contributed by atoms with Gasteiger partial charge in [-0.25, -0.2) is 17.5 Å². The lowest BCUT2D eigenvalue weighted by molar-refractivity contribution is 0.452. The molecule has 0 saturated heterocycles. The predicted octanol–water partition coefficient (Wildman–Crippen LogP) is 1.99. The van der Waals surface area contributed by atoms with Crippen LogP contribution in [0.2, 0.25) is 0 Å². The van der Waals surface area contributed by atoms with Crippen molar-refractivity contribution in [3.05, 3.63) is 28.5 Å². The van der Waals surface area contributed by atoms with Crippen molar-refractivity contribution >= 4 is 26.0 Å². The Kier molecular flexibility index (Phi) is 4.60. The van der Waals surface area contributed by atoms with Gasteiger partial charge in [-0.2, -0.15) is 0 Å². The van der Waals surface area contributed by atoms with Crippen LogP contribution in [0.25, 0.3) is 0 Å². The number of hydrogen-bond donors (Lipinski definition) is 2. The van der Waals surface area contributed by atoms with E-state index in [1.54, 1.807) is 0 Å². The summed E-state index contributed by atoms with van der Waals surface area (Å²) in [5.41, 5.74) is 5.64. The molecule has 1 aliphatic rings. The van der Waals surface area contributed by atoms with E-state index in [4.69, 9.17) is 5.73 Å². The van der Waals surface area contributed by atoms with Crippen LogP contribution in [-0.4, -0.2) is 21.0 Å². The maximum atomic E-state index is 13.0. The van der Waals surface area contributed by atoms with E-state index in [0.29, 0.717) is 6.54 Å². The first-order chi connectivity index (χ1) is 8.94. The molecule has 0 heterocycles. The summed E-state index contributed by atoms with van der Waals surface area (Å²) in [5, 5.41) is 0. The molecule has 19 heavy (non-hydrogen) atoms. The van der Waals surface area contributed by atoms with Crippen LogP contribution in [0, 0.1) is 11.7 Å². The zero-order valence-corrected chi connectivity index (χ0v) is 12.7. The van der Waals surface area contributed by atoms with Gasteiger partial charge in [0.1, 0.15) is 5.82 Å². The third-order valence-corrected chi connectivity index (χ3v) is 5.92. The van der Waals surface area contributed by atoms with Gasteiger partial charge in [-0.15, -0.1) is 0 Å². The van der Waals surface area contributed by atoms with E-state index < -0.39 is 15.8 Å². The molecule has 0 unspecified atom stereocenters. The normalized spacial score (nSPS) is 23.7. The first-order valence-corrected chi connectivity index (χ1v) is 8.39. The SMILES string of the molecule is NC[C@@H]1CCC[C@@H]1NS(=O)(=O)c1ccc(F)cc1Br. The monoisotopic (exact) mass is 350 g/mol. The van der Waals surface area contributed by atoms with Crippen molar-refractivity contribution in [1.29, 1.82) is 0 Å². The maximum absolute atomic E-state index is 13.0. The van der Waals surface area contributed by atoms with Gasteiger partial charge < -0.3 is 5.73 Å². The molecule has 2 rings (SSSR count). The van der Waals surface area contributed by atoms with Gasteiger partial charge in [0.15, 0.2) is 0 Å². The van der Waals surface area contributed by atoms with Gasteiger partial charge in [-0.1, -0.05) is 6.42 Å². The average Bonchev–Trinajstić information content (AvgIpc) is 2.74. The van der Waals surface area contributed by atoms with Gasteiger partial charge in [-0.05, 0) is 59.4 Å². The van der Waals surface area contributed by atoms with Gasteiger partial charge in [0.2, 0.25) is 10.0 Å². The van der Waals surface area contributed by atoms with Crippen molar-refractivity contribution in [3.63, 3.8) is 0 Å². The first-order valence-electron chi connectivity index (χ1n) is 6.11. The Morgan fingerprint density at radius 3 is 2.79 bits per heavy atom. The Morgan fingerprint density at radius 1 is 1.42 bits per heavy atom. The Bertz CT molecular complexity index is 565. The Labute approximate surface area is 120 Å². The van der Waals surface area contributed by atoms with Gasteiger partial charge >= 0.3 is 0 Å². The minimum Gasteiger partial charge on any atom is -0.330 e. The molecule has 1 aromatic carbocycles. The van der Waals surface area contributed by atoms with Gasteiger partial charge in [-0.3, -0.25) is 0 Å². The van der Waals surface area contributed by atoms with Gasteiger partial charge in [0.25, 0.3) is 0 Å². The summed E-state index contributed by atoms with van der Waals surface area (Å²) in [4.78, 5) is 0.0524. The number of benzene rings is 1. The molecule has 1 saturated carbocycles. The summed E-state index contributed by atoms with van der Waals surface area (Å²) in [6.45, 7) is 0.470. The summed E-state index contributed by atoms with van der Waals surface area (Å²) >= 11 is 3.08. The molecule has 1 fully saturated rings. The molecule has 0 amide bonds. The zero-order valence-electron chi connectivity index (χ0n) is 10.3. The number of nitrogens with one attached hydrogen (secondary N) is 1. The molecule has 1 aliphatic carbocycles. The average molecular weight is 351 g/mol. The second-order valence-corrected chi connectivity index (χ2v) is 7.27. The van der Waals surface area contributed by atoms with Crippen molar-refractivity contribution in [3.8, 4) is 0 Å². The molecule has 4 nitrogen and oxygen atoms in total. The highest BCUT2D eigenvalue weighted by atomic mass is 79.9. The number of sulfonamides is 1. The van der Waals surface area contributed by atoms with E-state index in [1.807, 2.05) is 0 Å². The van der Waals surface area contributed by atoms with E-state index >= 15 is 0 Å². The number of nitrogens with two attached hydrogens (primary N) is 1. The number of rotatable bonds is 4. The minimum absolute atomic E-state index is 0.0524. The van der Waals surface area contributed by atoms with Crippen LogP contribution in [0.4, 0.5) is 4.39 Å². The molecule has 2 atom stereocenters. The largest absolute Gasteiger partial charge is 0.330 e. The highest BCUT2D eigenvalue weighted by Crippen LogP contribution is 2.28. The summed E-state index contributed by atoms with van der Waals surface area (Å²) in [6.07, 6.45) is 2.70. The molecule has 0 aromatic heterocycles. The summed E-state index contributed by atoms with van der Waals surface area (Å²) in [5.74, 6) is -0.305. The molecule has 0 aliphatic heterocycles. The molecule has 0 bridgehead atoms. The topological polar surface area (TPSA) is 72.2 Å². The lowest BCUT2D eigenvalue weighted by atomic mass is 10.1. The van der Waals surface area contributed by atoms with E-state index in [0.717, 1.165) is 31.4 Å². The predicted molar refractivity (Wildman–Crippen MR) is 74.6 cm³/mol. The molecular weight excluding hydrogens is 335 g/mol. The van der Waals surface area contributed by atoms with Gasteiger partial charge in [0.05, 0.1) is 4.90 Å². The minimum atomic E-state index is -3.65. The zero-order chi connectivity index (χ0) is 14.0. The van der Waals surface area contributed by atoms with Crippen LogP contribution in [0.15, 0.2) is 27.6 Å². The Morgan fingerprint density at radius 2 is 2.16 bits per heavy atom. The third-order valence-electron chi connectivity index (χ3n) is 3.45. The van der Waals surface area contributed by atoms with Crippen molar-refractivity contribution in [2.24, 2.45) is 11.7 Å². The molecular formula is C12H16BrFN2O2S. The second-order valence-electron chi connectivity index (χ2n) is 4.73. The summed E-state index contributed by atoms with van der Waals surface area (Å²) in [6, 6.07) is 3.40. The van der Waals surface area contributed by atoms with E-state index in [9.17, 15) is 12.8 Å². The maximum Gasteiger partial charge on any atom is 0.241 e. The van der Waals surface area contributed by atoms with Crippen LogP contribution in [-0.2, 0) is 10.0 Å². The van der Waals surface area contributed by atoms with Crippen LogP contribution in [0.5, 0.6) is 0 Å². The fraction of sp³-hybridized carbons (Fsp3) is 0.500. The molecule has 106 valence electrons. The lowest BCUT2D eigenvalue weighted by Crippen LogP contribution is -2.39. The quantitative estimate of drug-likeness (QED) is 0.872. The van der Waals surface area contributed by atoms with E-state index in [-0.39, 0.29) is 21.3 Å². The third kappa shape index (κ3) is 3.34. The number of halogens is 2. The van der Waals surface area contributed by atoms with Crippen molar-refractivity contribution in [1.82, 2.24) is 4.72 Å². The van der Waals surface area contributed by atoms with Crippen LogP contribution < -0.4 is 10.5 Å². The fourth-order valence-corrected chi connectivity index (χ4v) is 4.82. The molecule has 0 radical (unpaired) electrons. The van der Waals surface area contributed by atoms with E-state index in [1.165, 1.54) is 6.07 Å². The highest BCUT2D eigenvalue weighted by molar-refractivity contribution is 9.10.